The number of carbonyl (C=O) groups excluding carboxylic acids is 2. The zero-order chi connectivity index (χ0) is 15.5. The quantitative estimate of drug-likeness (QED) is 0.806. The number of carbonyl (C=O) groups is 2. The number of hydrazine groups is 1. The van der Waals surface area contributed by atoms with Gasteiger partial charge in [-0.1, -0.05) is 12.1 Å². The maximum absolute atomic E-state index is 11.9. The fourth-order valence-electron chi connectivity index (χ4n) is 2.54. The van der Waals surface area contributed by atoms with E-state index in [9.17, 15) is 9.59 Å². The van der Waals surface area contributed by atoms with Crippen LogP contribution in [0.4, 0.5) is 0 Å². The zero-order valence-corrected chi connectivity index (χ0v) is 12.3. The molecule has 1 atom stereocenters. The molecule has 7 nitrogen and oxygen atoms in total. The van der Waals surface area contributed by atoms with Crippen LogP contribution in [-0.4, -0.2) is 34.1 Å². The molecule has 1 aromatic carbocycles. The molecule has 1 aromatic heterocycles. The number of hydrogen-bond acceptors (Lipinski definition) is 4. The summed E-state index contributed by atoms with van der Waals surface area (Å²) in [4.78, 5) is 28.1. The van der Waals surface area contributed by atoms with Crippen molar-refractivity contribution in [2.24, 2.45) is 7.05 Å². The molecule has 2 aromatic rings. The number of ether oxygens (including phenoxy) is 1. The van der Waals surface area contributed by atoms with Crippen LogP contribution in [-0.2, 0) is 27.8 Å². The van der Waals surface area contributed by atoms with Crippen molar-refractivity contribution in [3.63, 3.8) is 0 Å². The molecule has 0 saturated carbocycles. The molecule has 2 amide bonds. The summed E-state index contributed by atoms with van der Waals surface area (Å²) >= 11 is 0. The number of aromatic nitrogens is 2. The van der Waals surface area contributed by atoms with Crippen molar-refractivity contribution in [2.45, 2.75) is 25.4 Å². The number of fused-ring (bicyclic) bond motifs is 1. The number of para-hydroxylation sites is 2. The van der Waals surface area contributed by atoms with E-state index in [4.69, 9.17) is 4.74 Å². The van der Waals surface area contributed by atoms with Gasteiger partial charge in [0.15, 0.2) is 0 Å². The van der Waals surface area contributed by atoms with Crippen LogP contribution >= 0.6 is 0 Å². The van der Waals surface area contributed by atoms with E-state index in [-0.39, 0.29) is 18.2 Å². The van der Waals surface area contributed by atoms with E-state index < -0.39 is 6.10 Å². The zero-order valence-electron chi connectivity index (χ0n) is 12.3. The molecule has 1 aliphatic heterocycles. The number of imidazole rings is 1. The Bertz CT molecular complexity index is 704. The van der Waals surface area contributed by atoms with Crippen molar-refractivity contribution in [1.82, 2.24) is 20.4 Å². The Balaban J connectivity index is 1.58. The van der Waals surface area contributed by atoms with Gasteiger partial charge < -0.3 is 9.30 Å². The van der Waals surface area contributed by atoms with Gasteiger partial charge in [-0.2, -0.15) is 0 Å². The third kappa shape index (κ3) is 2.94. The lowest BCUT2D eigenvalue weighted by molar-refractivity contribution is -0.134. The molecule has 0 bridgehead atoms. The highest BCUT2D eigenvalue weighted by atomic mass is 16.5. The summed E-state index contributed by atoms with van der Waals surface area (Å²) in [5.74, 6) is 0.0191. The highest BCUT2D eigenvalue weighted by molar-refractivity contribution is 5.86. The van der Waals surface area contributed by atoms with Gasteiger partial charge in [0, 0.05) is 13.7 Å². The van der Waals surface area contributed by atoms with E-state index in [1.807, 2.05) is 35.9 Å². The molecule has 1 fully saturated rings. The molecule has 2 N–H and O–H groups in total. The Kier molecular flexibility index (Phi) is 4.06. The second-order valence-corrected chi connectivity index (χ2v) is 5.29. The summed E-state index contributed by atoms with van der Waals surface area (Å²) in [7, 11) is 1.86. The minimum absolute atomic E-state index is 0.0942. The van der Waals surface area contributed by atoms with Crippen LogP contribution in [0.15, 0.2) is 24.3 Å². The van der Waals surface area contributed by atoms with Crippen molar-refractivity contribution in [1.29, 1.82) is 0 Å². The van der Waals surface area contributed by atoms with Crippen molar-refractivity contribution < 1.29 is 14.3 Å². The number of nitrogens with zero attached hydrogens (tertiary/aromatic N) is 2. The molecular weight excluding hydrogens is 284 g/mol. The van der Waals surface area contributed by atoms with Gasteiger partial charge in [-0.15, -0.1) is 0 Å². The van der Waals surface area contributed by atoms with Crippen LogP contribution in [0, 0.1) is 0 Å². The highest BCUT2D eigenvalue weighted by Crippen LogP contribution is 2.14. The molecule has 1 aliphatic rings. The molecule has 0 aliphatic carbocycles. The van der Waals surface area contributed by atoms with Gasteiger partial charge in [-0.05, 0) is 25.0 Å². The molecule has 116 valence electrons. The van der Waals surface area contributed by atoms with Gasteiger partial charge in [0.25, 0.3) is 5.91 Å². The second-order valence-electron chi connectivity index (χ2n) is 5.29. The number of nitrogens with one attached hydrogen (secondary N) is 2. The monoisotopic (exact) mass is 302 g/mol. The minimum atomic E-state index is -0.462. The van der Waals surface area contributed by atoms with Gasteiger partial charge in [0.05, 0.1) is 17.5 Å². The molecule has 0 radical (unpaired) electrons. The van der Waals surface area contributed by atoms with Crippen molar-refractivity contribution in [2.75, 3.05) is 6.61 Å². The number of aryl methyl sites for hydroxylation is 1. The first-order chi connectivity index (χ1) is 10.6. The lowest BCUT2D eigenvalue weighted by Gasteiger charge is -2.11. The van der Waals surface area contributed by atoms with E-state index in [0.717, 1.165) is 17.5 Å². The third-order valence-electron chi connectivity index (χ3n) is 3.75. The largest absolute Gasteiger partial charge is 0.368 e. The number of rotatable bonds is 3. The van der Waals surface area contributed by atoms with E-state index in [2.05, 4.69) is 15.8 Å². The summed E-state index contributed by atoms with van der Waals surface area (Å²) in [5.41, 5.74) is 6.61. The smallest absolute Gasteiger partial charge is 0.267 e. The first-order valence-electron chi connectivity index (χ1n) is 7.26. The first kappa shape index (κ1) is 14.5. The topological polar surface area (TPSA) is 85.2 Å². The summed E-state index contributed by atoms with van der Waals surface area (Å²) in [5, 5.41) is 0. The number of benzene rings is 1. The predicted molar refractivity (Wildman–Crippen MR) is 79.7 cm³/mol. The minimum Gasteiger partial charge on any atom is -0.368 e. The van der Waals surface area contributed by atoms with Crippen LogP contribution < -0.4 is 10.9 Å². The second kappa shape index (κ2) is 6.15. The lowest BCUT2D eigenvalue weighted by Crippen LogP contribution is -2.46. The highest BCUT2D eigenvalue weighted by Gasteiger charge is 2.23. The molecule has 22 heavy (non-hydrogen) atoms. The van der Waals surface area contributed by atoms with Gasteiger partial charge in [0.2, 0.25) is 5.91 Å². The summed E-state index contributed by atoms with van der Waals surface area (Å²) in [6.45, 7) is 0.589. The van der Waals surface area contributed by atoms with E-state index in [1.165, 1.54) is 0 Å². The van der Waals surface area contributed by atoms with Crippen LogP contribution in [0.5, 0.6) is 0 Å². The number of hydrogen-bond donors (Lipinski definition) is 2. The lowest BCUT2D eigenvalue weighted by atomic mass is 10.2. The Hall–Kier alpha value is -2.41. The molecule has 1 saturated heterocycles. The first-order valence-corrected chi connectivity index (χ1v) is 7.26. The summed E-state index contributed by atoms with van der Waals surface area (Å²) in [6.07, 6.45) is 1.19. The predicted octanol–water partition coefficient (Wildman–Crippen LogP) is 0.442. The van der Waals surface area contributed by atoms with Crippen LogP contribution in [0.3, 0.4) is 0 Å². The molecule has 0 spiro atoms. The van der Waals surface area contributed by atoms with Crippen LogP contribution in [0.2, 0.25) is 0 Å². The Labute approximate surface area is 127 Å². The standard InChI is InChI=1S/C15H18N4O3/c1-19-11-6-3-2-5-10(11)16-13(19)9-14(20)17-18-15(21)12-7-4-8-22-12/h2-3,5-6,12H,4,7-9H2,1H3,(H,17,20)(H,18,21)/t12-/m1/s1. The maximum atomic E-state index is 11.9. The van der Waals surface area contributed by atoms with E-state index in [0.29, 0.717) is 18.9 Å². The molecule has 0 unspecified atom stereocenters. The average Bonchev–Trinajstić information content (AvgIpc) is 3.15. The van der Waals surface area contributed by atoms with Crippen molar-refractivity contribution >= 4 is 22.8 Å². The van der Waals surface area contributed by atoms with E-state index >= 15 is 0 Å². The maximum Gasteiger partial charge on any atom is 0.267 e. The van der Waals surface area contributed by atoms with Gasteiger partial charge >= 0.3 is 0 Å². The normalized spacial score (nSPS) is 17.6. The Morgan fingerprint density at radius 3 is 2.91 bits per heavy atom. The SMILES string of the molecule is Cn1c(CC(=O)NNC(=O)[C@H]2CCCO2)nc2ccccc21. The van der Waals surface area contributed by atoms with Crippen molar-refractivity contribution in [3.05, 3.63) is 30.1 Å². The summed E-state index contributed by atoms with van der Waals surface area (Å²) < 4.78 is 7.12. The molecule has 3 rings (SSSR count). The van der Waals surface area contributed by atoms with Crippen molar-refractivity contribution in [3.8, 4) is 0 Å². The molecule has 2 heterocycles. The fourth-order valence-corrected chi connectivity index (χ4v) is 2.54. The molecular formula is C15H18N4O3. The molecule has 7 heteroatoms. The van der Waals surface area contributed by atoms with Gasteiger partial charge in [0.1, 0.15) is 11.9 Å². The van der Waals surface area contributed by atoms with Crippen LogP contribution in [0.1, 0.15) is 18.7 Å². The van der Waals surface area contributed by atoms with Crippen LogP contribution in [0.25, 0.3) is 11.0 Å². The fraction of sp³-hybridized carbons (Fsp3) is 0.400. The number of amides is 2. The van der Waals surface area contributed by atoms with Gasteiger partial charge in [-0.25, -0.2) is 4.98 Å². The average molecular weight is 302 g/mol. The van der Waals surface area contributed by atoms with E-state index in [1.54, 1.807) is 0 Å². The Morgan fingerprint density at radius 2 is 2.18 bits per heavy atom. The summed E-state index contributed by atoms with van der Waals surface area (Å²) in [6, 6.07) is 7.68. The van der Waals surface area contributed by atoms with Gasteiger partial charge in [-0.3, -0.25) is 20.4 Å². The Morgan fingerprint density at radius 1 is 1.36 bits per heavy atom. The third-order valence-corrected chi connectivity index (χ3v) is 3.75.